The molecule has 9 heteroatoms. The first-order chi connectivity index (χ1) is 13.8. The van der Waals surface area contributed by atoms with E-state index in [1.807, 2.05) is 0 Å². The number of urea groups is 1. The van der Waals surface area contributed by atoms with Crippen molar-refractivity contribution < 1.29 is 27.5 Å². The minimum Gasteiger partial charge on any atom is -0.447 e. The Bertz CT molecular complexity index is 945. The van der Waals surface area contributed by atoms with Gasteiger partial charge >= 0.3 is 18.3 Å². The quantitative estimate of drug-likeness (QED) is 0.766. The first-order valence-corrected chi connectivity index (χ1v) is 8.58. The van der Waals surface area contributed by atoms with Gasteiger partial charge in [-0.05, 0) is 48.5 Å². The van der Waals surface area contributed by atoms with Crippen molar-refractivity contribution >= 4 is 23.5 Å². The lowest BCUT2D eigenvalue weighted by Crippen LogP contribution is -2.28. The van der Waals surface area contributed by atoms with Crippen LogP contribution < -0.4 is 15.5 Å². The van der Waals surface area contributed by atoms with Gasteiger partial charge in [-0.25, -0.2) is 9.59 Å². The molecule has 6 nitrogen and oxygen atoms in total. The Morgan fingerprint density at radius 3 is 2.38 bits per heavy atom. The van der Waals surface area contributed by atoms with Crippen molar-refractivity contribution in [3.63, 3.8) is 0 Å². The number of cyclic esters (lactones) is 1. The molecule has 1 saturated heterocycles. The molecule has 150 valence electrons. The molecule has 2 aromatic rings. The summed E-state index contributed by atoms with van der Waals surface area (Å²) < 4.78 is 42.4. The van der Waals surface area contributed by atoms with Crippen molar-refractivity contribution in [1.82, 2.24) is 5.32 Å². The second kappa shape index (κ2) is 8.56. The molecule has 0 aromatic heterocycles. The predicted octanol–water partition coefficient (Wildman–Crippen LogP) is 3.84. The van der Waals surface area contributed by atoms with E-state index in [1.54, 1.807) is 24.3 Å². The minimum atomic E-state index is -4.42. The number of hydrogen-bond donors (Lipinski definition) is 2. The maximum absolute atomic E-state index is 12.5. The van der Waals surface area contributed by atoms with E-state index in [2.05, 4.69) is 22.5 Å². The maximum Gasteiger partial charge on any atom is 0.416 e. The van der Waals surface area contributed by atoms with Gasteiger partial charge in [0.2, 0.25) is 0 Å². The van der Waals surface area contributed by atoms with Crippen LogP contribution in [-0.2, 0) is 10.9 Å². The molecular weight excluding hydrogens is 387 g/mol. The summed E-state index contributed by atoms with van der Waals surface area (Å²) >= 11 is 0. The van der Waals surface area contributed by atoms with Crippen molar-refractivity contribution in [3.05, 3.63) is 59.7 Å². The molecule has 2 N–H and O–H groups in total. The van der Waals surface area contributed by atoms with E-state index >= 15 is 0 Å². The number of carbonyl (C=O) groups is 2. The second-order valence-electron chi connectivity index (χ2n) is 6.00. The Hall–Kier alpha value is -3.67. The third-order valence-electron chi connectivity index (χ3n) is 3.98. The fraction of sp³-hybridized carbons (Fsp3) is 0.200. The monoisotopic (exact) mass is 403 g/mol. The number of rotatable bonds is 3. The van der Waals surface area contributed by atoms with Crippen LogP contribution in [0.25, 0.3) is 0 Å². The molecule has 29 heavy (non-hydrogen) atoms. The Morgan fingerprint density at radius 1 is 1.10 bits per heavy atom. The first kappa shape index (κ1) is 20.1. The van der Waals surface area contributed by atoms with E-state index in [-0.39, 0.29) is 18.3 Å². The van der Waals surface area contributed by atoms with Crippen LogP contribution in [0.1, 0.15) is 11.1 Å². The lowest BCUT2D eigenvalue weighted by Gasteiger charge is -2.11. The highest BCUT2D eigenvalue weighted by Crippen LogP contribution is 2.29. The Morgan fingerprint density at radius 2 is 1.79 bits per heavy atom. The summed E-state index contributed by atoms with van der Waals surface area (Å²) in [5.41, 5.74) is 0.861. The SMILES string of the molecule is O=C(NCC#Cc1ccc(N2CCOC2=O)cc1)Nc1ccc(C(F)(F)F)cc1. The lowest BCUT2D eigenvalue weighted by atomic mass is 10.2. The van der Waals surface area contributed by atoms with Gasteiger partial charge in [0.05, 0.1) is 18.7 Å². The van der Waals surface area contributed by atoms with Gasteiger partial charge in [-0.1, -0.05) is 11.8 Å². The maximum atomic E-state index is 12.5. The van der Waals surface area contributed by atoms with Gasteiger partial charge < -0.3 is 15.4 Å². The number of hydrogen-bond acceptors (Lipinski definition) is 3. The van der Waals surface area contributed by atoms with Gasteiger partial charge in [0, 0.05) is 16.9 Å². The van der Waals surface area contributed by atoms with Crippen molar-refractivity contribution in [2.45, 2.75) is 6.18 Å². The highest BCUT2D eigenvalue weighted by atomic mass is 19.4. The van der Waals surface area contributed by atoms with Crippen LogP contribution in [0.3, 0.4) is 0 Å². The van der Waals surface area contributed by atoms with E-state index in [0.717, 1.165) is 12.1 Å². The Labute approximate surface area is 164 Å². The van der Waals surface area contributed by atoms with Crippen LogP contribution in [0.4, 0.5) is 34.1 Å². The van der Waals surface area contributed by atoms with E-state index in [1.165, 1.54) is 17.0 Å². The van der Waals surface area contributed by atoms with E-state index in [9.17, 15) is 22.8 Å². The predicted molar refractivity (Wildman–Crippen MR) is 100 cm³/mol. The molecular formula is C20H16F3N3O3. The van der Waals surface area contributed by atoms with Crippen LogP contribution in [0, 0.1) is 11.8 Å². The van der Waals surface area contributed by atoms with E-state index in [4.69, 9.17) is 4.74 Å². The van der Waals surface area contributed by atoms with Crippen molar-refractivity contribution in [2.24, 2.45) is 0 Å². The number of alkyl halides is 3. The third-order valence-corrected chi connectivity index (χ3v) is 3.98. The Kier molecular flexibility index (Phi) is 5.93. The molecule has 1 aliphatic heterocycles. The van der Waals surface area contributed by atoms with Crippen molar-refractivity contribution in [3.8, 4) is 11.8 Å². The highest BCUT2D eigenvalue weighted by Gasteiger charge is 2.30. The first-order valence-electron chi connectivity index (χ1n) is 8.58. The van der Waals surface area contributed by atoms with Crippen molar-refractivity contribution in [1.29, 1.82) is 0 Å². The fourth-order valence-corrected chi connectivity index (χ4v) is 2.54. The topological polar surface area (TPSA) is 70.7 Å². The van der Waals surface area contributed by atoms with Gasteiger partial charge in [0.25, 0.3) is 0 Å². The molecule has 0 radical (unpaired) electrons. The molecule has 0 atom stereocenters. The number of amides is 3. The van der Waals surface area contributed by atoms with Crippen LogP contribution in [0.5, 0.6) is 0 Å². The summed E-state index contributed by atoms with van der Waals surface area (Å²) in [5, 5.41) is 4.92. The van der Waals surface area contributed by atoms with E-state index < -0.39 is 17.8 Å². The molecule has 1 heterocycles. The molecule has 0 spiro atoms. The number of nitrogens with zero attached hydrogens (tertiary/aromatic N) is 1. The Balaban J connectivity index is 1.47. The summed E-state index contributed by atoms with van der Waals surface area (Å²) in [5.74, 6) is 5.63. The summed E-state index contributed by atoms with van der Waals surface area (Å²) in [4.78, 5) is 24.8. The summed E-state index contributed by atoms with van der Waals surface area (Å²) in [6.45, 7) is 0.912. The molecule has 1 aliphatic rings. The van der Waals surface area contributed by atoms with Crippen LogP contribution in [-0.4, -0.2) is 31.8 Å². The van der Waals surface area contributed by atoms with Crippen LogP contribution >= 0.6 is 0 Å². The average Bonchev–Trinajstić information content (AvgIpc) is 3.11. The molecule has 3 rings (SSSR count). The molecule has 2 aromatic carbocycles. The summed E-state index contributed by atoms with van der Waals surface area (Å²) in [7, 11) is 0. The number of ether oxygens (including phenoxy) is 1. The standard InChI is InChI=1S/C20H16F3N3O3/c21-20(22,23)15-5-7-16(8-6-15)25-18(27)24-11-1-2-14-3-9-17(10-4-14)26-12-13-29-19(26)28/h3-10H,11-13H2,(H2,24,25,27). The molecule has 3 amide bonds. The molecule has 1 fully saturated rings. The zero-order valence-corrected chi connectivity index (χ0v) is 15.0. The van der Waals surface area contributed by atoms with Gasteiger partial charge in [-0.2, -0.15) is 13.2 Å². The zero-order valence-electron chi connectivity index (χ0n) is 15.0. The van der Waals surface area contributed by atoms with Gasteiger partial charge in [0.1, 0.15) is 6.61 Å². The van der Waals surface area contributed by atoms with Crippen LogP contribution in [0.15, 0.2) is 48.5 Å². The summed E-state index contributed by atoms with van der Waals surface area (Å²) in [6.07, 6.45) is -4.81. The average molecular weight is 403 g/mol. The van der Waals surface area contributed by atoms with Crippen LogP contribution in [0.2, 0.25) is 0 Å². The second-order valence-corrected chi connectivity index (χ2v) is 6.00. The minimum absolute atomic E-state index is 0.0483. The number of anilines is 2. The van der Waals surface area contributed by atoms with E-state index in [0.29, 0.717) is 24.4 Å². The van der Waals surface area contributed by atoms with Gasteiger partial charge in [-0.3, -0.25) is 4.90 Å². The van der Waals surface area contributed by atoms with Gasteiger partial charge in [-0.15, -0.1) is 0 Å². The van der Waals surface area contributed by atoms with Gasteiger partial charge in [0.15, 0.2) is 0 Å². The number of carbonyl (C=O) groups excluding carboxylic acids is 2. The largest absolute Gasteiger partial charge is 0.447 e. The molecule has 0 unspecified atom stereocenters. The van der Waals surface area contributed by atoms with Crippen molar-refractivity contribution in [2.75, 3.05) is 29.9 Å². The number of nitrogens with one attached hydrogen (secondary N) is 2. The number of benzene rings is 2. The summed E-state index contributed by atoms with van der Waals surface area (Å²) in [6, 6.07) is 10.5. The smallest absolute Gasteiger partial charge is 0.416 e. The third kappa shape index (κ3) is 5.42. The normalized spacial score (nSPS) is 13.3. The number of halogens is 3. The highest BCUT2D eigenvalue weighted by molar-refractivity contribution is 5.90. The molecule has 0 aliphatic carbocycles. The fourth-order valence-electron chi connectivity index (χ4n) is 2.54. The lowest BCUT2D eigenvalue weighted by molar-refractivity contribution is -0.137. The molecule has 0 saturated carbocycles. The zero-order chi connectivity index (χ0) is 20.9. The molecule has 0 bridgehead atoms.